The van der Waals surface area contributed by atoms with Crippen LogP contribution in [-0.2, 0) is 4.74 Å². The summed E-state index contributed by atoms with van der Waals surface area (Å²) in [6, 6.07) is 5.12. The maximum Gasteiger partial charge on any atom is 0.340 e. The van der Waals surface area contributed by atoms with Gasteiger partial charge in [0.2, 0.25) is 0 Å². The van der Waals surface area contributed by atoms with Crippen molar-refractivity contribution >= 4 is 22.6 Å². The minimum atomic E-state index is -0.378. The molecule has 1 N–H and O–H groups in total. The number of benzene rings is 1. The third-order valence-electron chi connectivity index (χ3n) is 2.20. The molecule has 0 saturated carbocycles. The Kier molecular flexibility index (Phi) is 2.14. The summed E-state index contributed by atoms with van der Waals surface area (Å²) >= 11 is 0. The SMILES string of the molecule is [C-]#[N+]c1ccc2c(C(=O)OC)c[nH]c2c1. The van der Waals surface area contributed by atoms with E-state index in [-0.39, 0.29) is 5.97 Å². The number of ether oxygens (including phenoxy) is 1. The molecule has 74 valence electrons. The first-order valence-electron chi connectivity index (χ1n) is 4.33. The maximum atomic E-state index is 11.3. The van der Waals surface area contributed by atoms with E-state index in [0.717, 1.165) is 10.9 Å². The van der Waals surface area contributed by atoms with Crippen molar-refractivity contribution in [3.8, 4) is 0 Å². The van der Waals surface area contributed by atoms with Gasteiger partial charge in [-0.2, -0.15) is 0 Å². The number of aromatic amines is 1. The van der Waals surface area contributed by atoms with Gasteiger partial charge in [0.15, 0.2) is 5.69 Å². The lowest BCUT2D eigenvalue weighted by Crippen LogP contribution is -1.99. The molecule has 4 nitrogen and oxygen atoms in total. The van der Waals surface area contributed by atoms with Gasteiger partial charge >= 0.3 is 5.97 Å². The number of nitrogens with one attached hydrogen (secondary N) is 1. The first-order valence-corrected chi connectivity index (χ1v) is 4.33. The van der Waals surface area contributed by atoms with Gasteiger partial charge in [0.05, 0.1) is 19.2 Å². The molecule has 1 heterocycles. The molecule has 15 heavy (non-hydrogen) atoms. The van der Waals surface area contributed by atoms with E-state index < -0.39 is 0 Å². The van der Waals surface area contributed by atoms with Gasteiger partial charge in [0, 0.05) is 17.1 Å². The second-order valence-corrected chi connectivity index (χ2v) is 3.04. The van der Waals surface area contributed by atoms with E-state index in [2.05, 4.69) is 14.6 Å². The molecule has 0 unspecified atom stereocenters. The summed E-state index contributed by atoms with van der Waals surface area (Å²) in [6.07, 6.45) is 1.59. The molecule has 0 aliphatic heterocycles. The van der Waals surface area contributed by atoms with Crippen molar-refractivity contribution in [1.82, 2.24) is 4.98 Å². The zero-order valence-electron chi connectivity index (χ0n) is 8.07. The van der Waals surface area contributed by atoms with Crippen LogP contribution in [0.4, 0.5) is 5.69 Å². The average molecular weight is 200 g/mol. The monoisotopic (exact) mass is 200 g/mol. The van der Waals surface area contributed by atoms with Gasteiger partial charge in [-0.3, -0.25) is 0 Å². The zero-order chi connectivity index (χ0) is 10.8. The number of carbonyl (C=O) groups excluding carboxylic acids is 1. The number of hydrogen-bond acceptors (Lipinski definition) is 2. The molecule has 0 bridgehead atoms. The van der Waals surface area contributed by atoms with E-state index in [1.165, 1.54) is 7.11 Å². The molecular weight excluding hydrogens is 192 g/mol. The Labute approximate surface area is 86.3 Å². The Morgan fingerprint density at radius 2 is 2.33 bits per heavy atom. The highest BCUT2D eigenvalue weighted by molar-refractivity contribution is 6.04. The minimum absolute atomic E-state index is 0.378. The number of hydrogen-bond donors (Lipinski definition) is 1. The number of fused-ring (bicyclic) bond motifs is 1. The van der Waals surface area contributed by atoms with E-state index in [4.69, 9.17) is 6.57 Å². The van der Waals surface area contributed by atoms with Gasteiger partial charge in [-0.25, -0.2) is 9.64 Å². The molecule has 2 aromatic rings. The lowest BCUT2D eigenvalue weighted by molar-refractivity contribution is 0.0603. The quantitative estimate of drug-likeness (QED) is 0.567. The molecule has 0 atom stereocenters. The van der Waals surface area contributed by atoms with Gasteiger partial charge in [-0.15, -0.1) is 0 Å². The van der Waals surface area contributed by atoms with E-state index >= 15 is 0 Å². The van der Waals surface area contributed by atoms with Crippen LogP contribution >= 0.6 is 0 Å². The Bertz CT molecular complexity index is 563. The Hall–Kier alpha value is -2.28. The third-order valence-corrected chi connectivity index (χ3v) is 2.20. The molecule has 2 rings (SSSR count). The molecule has 0 aliphatic carbocycles. The van der Waals surface area contributed by atoms with Crippen LogP contribution < -0.4 is 0 Å². The number of aromatic nitrogens is 1. The van der Waals surface area contributed by atoms with Crippen LogP contribution in [0.25, 0.3) is 15.7 Å². The van der Waals surface area contributed by atoms with Crippen LogP contribution in [0.2, 0.25) is 0 Å². The van der Waals surface area contributed by atoms with Crippen molar-refractivity contribution in [2.24, 2.45) is 0 Å². The highest BCUT2D eigenvalue weighted by atomic mass is 16.5. The smallest absolute Gasteiger partial charge is 0.340 e. The Balaban J connectivity index is 2.63. The van der Waals surface area contributed by atoms with E-state index in [1.54, 1.807) is 24.4 Å². The number of rotatable bonds is 1. The minimum Gasteiger partial charge on any atom is -0.465 e. The second kappa shape index (κ2) is 3.46. The van der Waals surface area contributed by atoms with Gasteiger partial charge in [0.25, 0.3) is 0 Å². The molecule has 0 radical (unpaired) electrons. The van der Waals surface area contributed by atoms with Crippen LogP contribution in [0.5, 0.6) is 0 Å². The second-order valence-electron chi connectivity index (χ2n) is 3.04. The first kappa shape index (κ1) is 9.28. The molecule has 0 aliphatic rings. The lowest BCUT2D eigenvalue weighted by atomic mass is 10.1. The number of methoxy groups -OCH3 is 1. The Morgan fingerprint density at radius 3 is 3.00 bits per heavy atom. The van der Waals surface area contributed by atoms with Crippen molar-refractivity contribution in [1.29, 1.82) is 0 Å². The number of H-pyrrole nitrogens is 1. The average Bonchev–Trinajstić information content (AvgIpc) is 2.70. The zero-order valence-corrected chi connectivity index (χ0v) is 8.07. The van der Waals surface area contributed by atoms with Gasteiger partial charge in [-0.05, 0) is 6.07 Å². The van der Waals surface area contributed by atoms with Crippen molar-refractivity contribution < 1.29 is 9.53 Å². The number of carbonyl (C=O) groups is 1. The van der Waals surface area contributed by atoms with Crippen molar-refractivity contribution in [2.75, 3.05) is 7.11 Å². The first-order chi connectivity index (χ1) is 7.26. The van der Waals surface area contributed by atoms with Crippen LogP contribution in [0.15, 0.2) is 24.4 Å². The largest absolute Gasteiger partial charge is 0.465 e. The van der Waals surface area contributed by atoms with Gasteiger partial charge in [0.1, 0.15) is 0 Å². The van der Waals surface area contributed by atoms with Crippen LogP contribution in [-0.4, -0.2) is 18.1 Å². The summed E-state index contributed by atoms with van der Waals surface area (Å²) in [6.45, 7) is 6.87. The predicted molar refractivity (Wildman–Crippen MR) is 55.9 cm³/mol. The van der Waals surface area contributed by atoms with Crippen molar-refractivity contribution in [3.05, 3.63) is 41.4 Å². The summed E-state index contributed by atoms with van der Waals surface area (Å²) in [7, 11) is 1.34. The molecule has 0 spiro atoms. The predicted octanol–water partition coefficient (Wildman–Crippen LogP) is 2.51. The van der Waals surface area contributed by atoms with Crippen LogP contribution in [0.3, 0.4) is 0 Å². The van der Waals surface area contributed by atoms with Gasteiger partial charge < -0.3 is 9.72 Å². The fourth-order valence-corrected chi connectivity index (χ4v) is 1.46. The number of nitrogens with zero attached hydrogens (tertiary/aromatic N) is 1. The summed E-state index contributed by atoms with van der Waals surface area (Å²) < 4.78 is 4.64. The fourth-order valence-electron chi connectivity index (χ4n) is 1.46. The summed E-state index contributed by atoms with van der Waals surface area (Å²) in [5.74, 6) is -0.378. The maximum absolute atomic E-state index is 11.3. The van der Waals surface area contributed by atoms with E-state index in [1.807, 2.05) is 0 Å². The molecule has 0 amide bonds. The normalized spacial score (nSPS) is 9.87. The van der Waals surface area contributed by atoms with Crippen LogP contribution in [0, 0.1) is 6.57 Å². The highest BCUT2D eigenvalue weighted by Gasteiger charge is 2.11. The highest BCUT2D eigenvalue weighted by Crippen LogP contribution is 2.23. The van der Waals surface area contributed by atoms with E-state index in [0.29, 0.717) is 11.3 Å². The topological polar surface area (TPSA) is 46.5 Å². The molecule has 1 aromatic carbocycles. The molecular formula is C11H8N2O2. The van der Waals surface area contributed by atoms with Crippen molar-refractivity contribution in [3.63, 3.8) is 0 Å². The standard InChI is InChI=1S/C11H8N2O2/c1-12-7-3-4-8-9(11(14)15-2)6-13-10(8)5-7/h3-6,13H,2H3. The number of esters is 1. The van der Waals surface area contributed by atoms with E-state index in [9.17, 15) is 4.79 Å². The lowest BCUT2D eigenvalue weighted by Gasteiger charge is -1.96. The van der Waals surface area contributed by atoms with Crippen molar-refractivity contribution in [2.45, 2.75) is 0 Å². The Morgan fingerprint density at radius 1 is 1.53 bits per heavy atom. The molecule has 4 heteroatoms. The molecule has 0 saturated heterocycles. The summed E-state index contributed by atoms with van der Waals surface area (Å²) in [5.41, 5.74) is 1.80. The third kappa shape index (κ3) is 1.44. The molecule has 0 fully saturated rings. The summed E-state index contributed by atoms with van der Waals surface area (Å²) in [4.78, 5) is 17.6. The van der Waals surface area contributed by atoms with Gasteiger partial charge in [-0.1, -0.05) is 12.1 Å². The fraction of sp³-hybridized carbons (Fsp3) is 0.0909. The summed E-state index contributed by atoms with van der Waals surface area (Å²) in [5, 5.41) is 0.772. The van der Waals surface area contributed by atoms with Crippen LogP contribution in [0.1, 0.15) is 10.4 Å². The molecule has 1 aromatic heterocycles.